The molecule has 0 aliphatic heterocycles. The Bertz CT molecular complexity index is 487. The summed E-state index contributed by atoms with van der Waals surface area (Å²) in [7, 11) is 1.72. The lowest BCUT2D eigenvalue weighted by atomic mass is 10.1. The highest BCUT2D eigenvalue weighted by atomic mass is 32.1. The normalized spacial score (nSPS) is 11.0. The molecule has 1 heterocycles. The molecule has 1 rings (SSSR count). The van der Waals surface area contributed by atoms with E-state index in [0.717, 1.165) is 42.0 Å². The lowest BCUT2D eigenvalue weighted by Crippen LogP contribution is -2.39. The molecule has 0 aliphatic carbocycles. The van der Waals surface area contributed by atoms with Crippen LogP contribution in [-0.4, -0.2) is 36.3 Å². The molecule has 0 atom stereocenters. The minimum atomic E-state index is 0.405. The monoisotopic (exact) mass is 309 g/mol. The Hall–Kier alpha value is -1.20. The van der Waals surface area contributed by atoms with Gasteiger partial charge in [0, 0.05) is 25.4 Å². The summed E-state index contributed by atoms with van der Waals surface area (Å²) in [5.74, 6) is 0.894. The van der Waals surface area contributed by atoms with Gasteiger partial charge in [0.25, 0.3) is 0 Å². The lowest BCUT2D eigenvalue weighted by Gasteiger charge is -2.33. The Morgan fingerprint density at radius 1 is 1.38 bits per heavy atom. The number of aromatic nitrogens is 1. The Morgan fingerprint density at radius 2 is 2.00 bits per heavy atom. The average Bonchev–Trinajstić information content (AvgIpc) is 2.42. The van der Waals surface area contributed by atoms with Gasteiger partial charge in [-0.05, 0) is 38.3 Å². The van der Waals surface area contributed by atoms with Crippen LogP contribution < -0.4 is 10.6 Å². The predicted octanol–water partition coefficient (Wildman–Crippen LogP) is 2.97. The Morgan fingerprint density at radius 3 is 2.48 bits per heavy atom. The maximum Gasteiger partial charge on any atom is 0.139 e. The molecule has 21 heavy (non-hydrogen) atoms. The van der Waals surface area contributed by atoms with Gasteiger partial charge in [0.15, 0.2) is 0 Å². The zero-order chi connectivity index (χ0) is 16.0. The van der Waals surface area contributed by atoms with Crippen LogP contribution in [0.5, 0.6) is 0 Å². The number of anilines is 1. The van der Waals surface area contributed by atoms with Gasteiger partial charge in [-0.2, -0.15) is 0 Å². The summed E-state index contributed by atoms with van der Waals surface area (Å²) in [6.07, 6.45) is 2.09. The van der Waals surface area contributed by atoms with Gasteiger partial charge in [-0.1, -0.05) is 26.1 Å². The van der Waals surface area contributed by atoms with Crippen molar-refractivity contribution in [2.75, 3.05) is 25.2 Å². The van der Waals surface area contributed by atoms with Crippen LogP contribution >= 0.6 is 12.2 Å². The van der Waals surface area contributed by atoms with Crippen molar-refractivity contribution in [2.24, 2.45) is 5.73 Å². The molecule has 0 fully saturated rings. The maximum absolute atomic E-state index is 5.95. The highest BCUT2D eigenvalue weighted by molar-refractivity contribution is 7.80. The van der Waals surface area contributed by atoms with Crippen molar-refractivity contribution < 1.29 is 4.74 Å². The first kappa shape index (κ1) is 17.9. The number of pyridine rings is 1. The average molecular weight is 309 g/mol. The zero-order valence-electron chi connectivity index (χ0n) is 13.8. The molecule has 0 amide bonds. The van der Waals surface area contributed by atoms with Crippen LogP contribution in [0.1, 0.15) is 43.5 Å². The van der Waals surface area contributed by atoms with E-state index in [1.54, 1.807) is 7.11 Å². The lowest BCUT2D eigenvalue weighted by molar-refractivity contribution is 0.202. The molecule has 4 nitrogen and oxygen atoms in total. The topological polar surface area (TPSA) is 51.4 Å². The fraction of sp³-hybridized carbons (Fsp3) is 0.625. The van der Waals surface area contributed by atoms with Gasteiger partial charge in [-0.25, -0.2) is 4.98 Å². The molecule has 118 valence electrons. The molecule has 1 aromatic heterocycles. The molecule has 0 saturated carbocycles. The van der Waals surface area contributed by atoms with Crippen molar-refractivity contribution in [2.45, 2.75) is 46.6 Å². The third kappa shape index (κ3) is 4.38. The second kappa shape index (κ2) is 8.29. The molecular weight excluding hydrogens is 282 g/mol. The van der Waals surface area contributed by atoms with E-state index in [0.29, 0.717) is 17.6 Å². The first-order chi connectivity index (χ1) is 9.96. The molecule has 0 saturated heterocycles. The third-order valence-electron chi connectivity index (χ3n) is 3.76. The van der Waals surface area contributed by atoms with Crippen LogP contribution in [-0.2, 0) is 4.74 Å². The van der Waals surface area contributed by atoms with Crippen molar-refractivity contribution in [3.63, 3.8) is 0 Å². The van der Waals surface area contributed by atoms with Crippen molar-refractivity contribution in [1.29, 1.82) is 0 Å². The van der Waals surface area contributed by atoms with Crippen molar-refractivity contribution >= 4 is 23.0 Å². The predicted molar refractivity (Wildman–Crippen MR) is 93.2 cm³/mol. The second-order valence-electron chi connectivity index (χ2n) is 5.30. The van der Waals surface area contributed by atoms with E-state index in [4.69, 9.17) is 27.7 Å². The van der Waals surface area contributed by atoms with Crippen LogP contribution in [0.15, 0.2) is 6.07 Å². The Balaban J connectivity index is 3.37. The van der Waals surface area contributed by atoms with E-state index >= 15 is 0 Å². The van der Waals surface area contributed by atoms with Crippen molar-refractivity contribution in [3.05, 3.63) is 22.9 Å². The summed E-state index contributed by atoms with van der Waals surface area (Å²) >= 11 is 5.25. The quantitative estimate of drug-likeness (QED) is 0.748. The van der Waals surface area contributed by atoms with Gasteiger partial charge < -0.3 is 15.4 Å². The number of nitrogens with two attached hydrogens (primary N) is 1. The number of nitrogens with zero attached hydrogens (tertiary/aromatic N) is 2. The van der Waals surface area contributed by atoms with Gasteiger partial charge in [0.2, 0.25) is 0 Å². The summed E-state index contributed by atoms with van der Waals surface area (Å²) in [4.78, 5) is 7.42. The number of thiocarbonyl (C=S) groups is 1. The molecule has 5 heteroatoms. The molecule has 0 aliphatic rings. The number of methoxy groups -OCH3 is 1. The van der Waals surface area contributed by atoms with E-state index < -0.39 is 0 Å². The number of ether oxygens (including phenoxy) is 1. The molecule has 0 spiro atoms. The minimum Gasteiger partial charge on any atom is -0.389 e. The van der Waals surface area contributed by atoms with E-state index in [1.807, 2.05) is 19.9 Å². The number of hydrogen-bond acceptors (Lipinski definition) is 4. The molecule has 0 radical (unpaired) electrons. The largest absolute Gasteiger partial charge is 0.389 e. The van der Waals surface area contributed by atoms with E-state index in [2.05, 4.69) is 18.7 Å². The van der Waals surface area contributed by atoms with Crippen LogP contribution in [0.3, 0.4) is 0 Å². The summed E-state index contributed by atoms with van der Waals surface area (Å²) in [6.45, 7) is 9.86. The Labute approximate surface area is 133 Å². The van der Waals surface area contributed by atoms with Crippen LogP contribution in [0, 0.1) is 13.8 Å². The third-order valence-corrected chi connectivity index (χ3v) is 3.97. The molecule has 0 bridgehead atoms. The van der Waals surface area contributed by atoms with E-state index in [1.165, 1.54) is 0 Å². The van der Waals surface area contributed by atoms with Gasteiger partial charge >= 0.3 is 0 Å². The van der Waals surface area contributed by atoms with Crippen molar-refractivity contribution in [3.8, 4) is 0 Å². The highest BCUT2D eigenvalue weighted by Gasteiger charge is 2.22. The van der Waals surface area contributed by atoms with Crippen molar-refractivity contribution in [1.82, 2.24) is 4.98 Å². The van der Waals surface area contributed by atoms with Gasteiger partial charge in [-0.15, -0.1) is 0 Å². The molecule has 0 aromatic carbocycles. The number of aryl methyl sites for hydroxylation is 2. The summed E-state index contributed by atoms with van der Waals surface area (Å²) in [6, 6.07) is 2.43. The van der Waals surface area contributed by atoms with Gasteiger partial charge in [0.1, 0.15) is 10.8 Å². The van der Waals surface area contributed by atoms with Crippen LogP contribution in [0.2, 0.25) is 0 Å². The second-order valence-corrected chi connectivity index (χ2v) is 5.74. The van der Waals surface area contributed by atoms with E-state index in [-0.39, 0.29) is 0 Å². The zero-order valence-corrected chi connectivity index (χ0v) is 14.6. The van der Waals surface area contributed by atoms with Gasteiger partial charge in [0.05, 0.1) is 12.2 Å². The van der Waals surface area contributed by atoms with Gasteiger partial charge in [-0.3, -0.25) is 0 Å². The fourth-order valence-corrected chi connectivity index (χ4v) is 2.96. The summed E-state index contributed by atoms with van der Waals surface area (Å²) in [5.41, 5.74) is 8.90. The molecule has 2 N–H and O–H groups in total. The molecule has 0 unspecified atom stereocenters. The maximum atomic E-state index is 5.95. The van der Waals surface area contributed by atoms with Crippen LogP contribution in [0.25, 0.3) is 0 Å². The minimum absolute atomic E-state index is 0.405. The molecule has 1 aromatic rings. The molecular formula is C16H27N3OS. The smallest absolute Gasteiger partial charge is 0.139 e. The fourth-order valence-electron chi connectivity index (χ4n) is 2.71. The highest BCUT2D eigenvalue weighted by Crippen LogP contribution is 2.26. The SMILES string of the molecule is CCC(CC)N(CCOC)c1nc(C)cc(C)c1C(N)=S. The van der Waals surface area contributed by atoms with Crippen LogP contribution in [0.4, 0.5) is 5.82 Å². The number of rotatable bonds is 8. The number of hydrogen-bond donors (Lipinski definition) is 1. The summed E-state index contributed by atoms with van der Waals surface area (Å²) < 4.78 is 5.26. The Kier molecular flexibility index (Phi) is 7.05. The first-order valence-electron chi connectivity index (χ1n) is 7.49. The first-order valence-corrected chi connectivity index (χ1v) is 7.90. The summed E-state index contributed by atoms with van der Waals surface area (Å²) in [5, 5.41) is 0. The van der Waals surface area contributed by atoms with E-state index in [9.17, 15) is 0 Å². The standard InChI is InChI=1S/C16H27N3OS/c1-6-13(7-2)19(8-9-20-5)16-14(15(17)21)11(3)10-12(4)18-16/h10,13H,6-9H2,1-5H3,(H2,17,21).